The zero-order valence-electron chi connectivity index (χ0n) is 19.9. The molecule has 1 amide bonds. The van der Waals surface area contributed by atoms with Gasteiger partial charge in [0, 0.05) is 64.1 Å². The molecule has 1 N–H and O–H groups in total. The van der Waals surface area contributed by atoms with E-state index in [-0.39, 0.29) is 5.91 Å². The summed E-state index contributed by atoms with van der Waals surface area (Å²) in [6.45, 7) is 12.4. The summed E-state index contributed by atoms with van der Waals surface area (Å²) in [6.07, 6.45) is 3.03. The van der Waals surface area contributed by atoms with Gasteiger partial charge in [0.1, 0.15) is 30.3 Å². The first-order valence-corrected chi connectivity index (χ1v) is 12.3. The van der Waals surface area contributed by atoms with Gasteiger partial charge < -0.3 is 29.5 Å². The summed E-state index contributed by atoms with van der Waals surface area (Å²) in [6, 6.07) is 6.83. The van der Waals surface area contributed by atoms with Crippen molar-refractivity contribution < 1.29 is 14.3 Å². The SMILES string of the molecule is C=CC(=O)N1CCN(C2CN(c3ccc4c(c3)Nc3ncnc(N5CCOCC5)c3CO4)C2)CC1. The van der Waals surface area contributed by atoms with E-state index in [9.17, 15) is 4.79 Å². The third-order valence-electron chi connectivity index (χ3n) is 7.37. The van der Waals surface area contributed by atoms with Gasteiger partial charge in [-0.3, -0.25) is 9.69 Å². The van der Waals surface area contributed by atoms with Crippen LogP contribution in [-0.4, -0.2) is 97.3 Å². The summed E-state index contributed by atoms with van der Waals surface area (Å²) < 4.78 is 11.7. The third kappa shape index (κ3) is 4.28. The Balaban J connectivity index is 1.12. The average molecular weight is 478 g/mol. The lowest BCUT2D eigenvalue weighted by Crippen LogP contribution is -2.63. The summed E-state index contributed by atoms with van der Waals surface area (Å²) >= 11 is 0. The lowest BCUT2D eigenvalue weighted by molar-refractivity contribution is -0.128. The van der Waals surface area contributed by atoms with Gasteiger partial charge in [0.2, 0.25) is 5.91 Å². The van der Waals surface area contributed by atoms with Gasteiger partial charge >= 0.3 is 0 Å². The quantitative estimate of drug-likeness (QED) is 0.658. The van der Waals surface area contributed by atoms with E-state index in [4.69, 9.17) is 9.47 Å². The van der Waals surface area contributed by atoms with Crippen molar-refractivity contribution in [2.24, 2.45) is 0 Å². The highest BCUT2D eigenvalue weighted by atomic mass is 16.5. The van der Waals surface area contributed by atoms with E-state index >= 15 is 0 Å². The standard InChI is InChI=1S/C25H31N7O3/c1-2-23(33)30-7-5-29(6-8-30)19-14-32(15-19)18-3-4-22-21(13-18)28-24-20(16-35-22)25(27-17-26-24)31-9-11-34-12-10-31/h2-4,13,17,19H,1,5-12,14-16H2,(H,26,27,28). The molecule has 4 aliphatic heterocycles. The Hall–Kier alpha value is -3.37. The van der Waals surface area contributed by atoms with Gasteiger partial charge in [0.15, 0.2) is 0 Å². The highest BCUT2D eigenvalue weighted by Crippen LogP contribution is 2.39. The molecular formula is C25H31N7O3. The first kappa shape index (κ1) is 22.1. The van der Waals surface area contributed by atoms with E-state index in [1.165, 1.54) is 11.8 Å². The van der Waals surface area contributed by atoms with E-state index < -0.39 is 0 Å². The molecule has 10 heteroatoms. The van der Waals surface area contributed by atoms with Crippen molar-refractivity contribution in [3.63, 3.8) is 0 Å². The Morgan fingerprint density at radius 1 is 1.06 bits per heavy atom. The van der Waals surface area contributed by atoms with E-state index in [0.717, 1.165) is 81.0 Å². The molecule has 2 aromatic rings. The predicted molar refractivity (Wildman–Crippen MR) is 133 cm³/mol. The molecule has 0 saturated carbocycles. The molecule has 0 unspecified atom stereocenters. The Morgan fingerprint density at radius 2 is 1.86 bits per heavy atom. The van der Waals surface area contributed by atoms with Crippen molar-refractivity contribution in [3.8, 4) is 5.75 Å². The second kappa shape index (κ2) is 9.35. The number of carbonyl (C=O) groups excluding carboxylic acids is 1. The summed E-state index contributed by atoms with van der Waals surface area (Å²) in [4.78, 5) is 29.9. The molecule has 6 rings (SSSR count). The Bertz CT molecular complexity index is 1110. The molecule has 1 aromatic carbocycles. The number of hydrogen-bond acceptors (Lipinski definition) is 9. The van der Waals surface area contributed by atoms with Crippen LogP contribution in [0.15, 0.2) is 37.2 Å². The normalized spacial score (nSPS) is 20.6. The van der Waals surface area contributed by atoms with Crippen LogP contribution in [0.25, 0.3) is 0 Å². The second-order valence-electron chi connectivity index (χ2n) is 9.34. The van der Waals surface area contributed by atoms with Gasteiger partial charge in [0.25, 0.3) is 0 Å². The van der Waals surface area contributed by atoms with E-state index in [2.05, 4.69) is 48.7 Å². The zero-order valence-corrected chi connectivity index (χ0v) is 19.9. The molecule has 3 saturated heterocycles. The van der Waals surface area contributed by atoms with Crippen LogP contribution < -0.4 is 19.9 Å². The number of fused-ring (bicyclic) bond motifs is 2. The van der Waals surface area contributed by atoms with Crippen LogP contribution in [0.5, 0.6) is 5.75 Å². The molecule has 0 atom stereocenters. The van der Waals surface area contributed by atoms with Crippen molar-refractivity contribution in [2.75, 3.05) is 80.7 Å². The maximum atomic E-state index is 11.8. The third-order valence-corrected chi connectivity index (χ3v) is 7.37. The van der Waals surface area contributed by atoms with Gasteiger partial charge in [-0.1, -0.05) is 6.58 Å². The van der Waals surface area contributed by atoms with Crippen molar-refractivity contribution in [1.29, 1.82) is 0 Å². The number of anilines is 4. The van der Waals surface area contributed by atoms with Crippen LogP contribution in [-0.2, 0) is 16.1 Å². The summed E-state index contributed by atoms with van der Waals surface area (Å²) in [5, 5.41) is 3.50. The smallest absolute Gasteiger partial charge is 0.246 e. The fourth-order valence-corrected chi connectivity index (χ4v) is 5.24. The number of morpholine rings is 1. The molecule has 184 valence electrons. The maximum absolute atomic E-state index is 11.8. The summed E-state index contributed by atoms with van der Waals surface area (Å²) in [5.74, 6) is 2.56. The Labute approximate surface area is 205 Å². The minimum absolute atomic E-state index is 0.0310. The monoisotopic (exact) mass is 477 g/mol. The lowest BCUT2D eigenvalue weighted by atomic mass is 10.0. The summed E-state index contributed by atoms with van der Waals surface area (Å²) in [5.41, 5.74) is 3.07. The van der Waals surface area contributed by atoms with Crippen LogP contribution in [0, 0.1) is 0 Å². The minimum Gasteiger partial charge on any atom is -0.486 e. The van der Waals surface area contributed by atoms with Gasteiger partial charge in [-0.15, -0.1) is 0 Å². The second-order valence-corrected chi connectivity index (χ2v) is 9.34. The fraction of sp³-hybridized carbons (Fsp3) is 0.480. The first-order valence-electron chi connectivity index (χ1n) is 12.3. The van der Waals surface area contributed by atoms with Crippen molar-refractivity contribution in [2.45, 2.75) is 12.6 Å². The predicted octanol–water partition coefficient (Wildman–Crippen LogP) is 1.47. The van der Waals surface area contributed by atoms with Crippen molar-refractivity contribution >= 4 is 28.9 Å². The topological polar surface area (TPSA) is 86.3 Å². The number of ether oxygens (including phenoxy) is 2. The van der Waals surface area contributed by atoms with Crippen LogP contribution in [0.2, 0.25) is 0 Å². The first-order chi connectivity index (χ1) is 17.2. The molecule has 5 heterocycles. The number of nitrogens with one attached hydrogen (secondary N) is 1. The number of benzene rings is 1. The van der Waals surface area contributed by atoms with Gasteiger partial charge in [-0.2, -0.15) is 0 Å². The van der Waals surface area contributed by atoms with Crippen LogP contribution in [0.3, 0.4) is 0 Å². The number of hydrogen-bond donors (Lipinski definition) is 1. The molecule has 0 spiro atoms. The largest absolute Gasteiger partial charge is 0.486 e. The molecule has 35 heavy (non-hydrogen) atoms. The molecule has 0 radical (unpaired) electrons. The molecule has 3 fully saturated rings. The van der Waals surface area contributed by atoms with Gasteiger partial charge in [-0.05, 0) is 24.3 Å². The number of nitrogens with zero attached hydrogens (tertiary/aromatic N) is 6. The fourth-order valence-electron chi connectivity index (χ4n) is 5.24. The van der Waals surface area contributed by atoms with E-state index in [1.54, 1.807) is 6.33 Å². The highest BCUT2D eigenvalue weighted by Gasteiger charge is 2.34. The lowest BCUT2D eigenvalue weighted by Gasteiger charge is -2.49. The average Bonchev–Trinajstić information content (AvgIpc) is 3.07. The van der Waals surface area contributed by atoms with Crippen LogP contribution >= 0.6 is 0 Å². The van der Waals surface area contributed by atoms with E-state index in [1.807, 2.05) is 11.0 Å². The van der Waals surface area contributed by atoms with Crippen molar-refractivity contribution in [3.05, 3.63) is 42.7 Å². The Morgan fingerprint density at radius 3 is 2.63 bits per heavy atom. The molecular weight excluding hydrogens is 446 g/mol. The molecule has 0 aliphatic carbocycles. The maximum Gasteiger partial charge on any atom is 0.246 e. The van der Waals surface area contributed by atoms with Crippen molar-refractivity contribution in [1.82, 2.24) is 19.8 Å². The number of carbonyl (C=O) groups is 1. The summed E-state index contributed by atoms with van der Waals surface area (Å²) in [7, 11) is 0. The number of aromatic nitrogens is 2. The van der Waals surface area contributed by atoms with E-state index in [0.29, 0.717) is 25.9 Å². The Kier molecular flexibility index (Phi) is 5.91. The number of rotatable bonds is 4. The van der Waals surface area contributed by atoms with Gasteiger partial charge in [-0.25, -0.2) is 9.97 Å². The van der Waals surface area contributed by atoms with Crippen LogP contribution in [0.4, 0.5) is 23.0 Å². The van der Waals surface area contributed by atoms with Crippen LogP contribution in [0.1, 0.15) is 5.56 Å². The number of piperazine rings is 1. The van der Waals surface area contributed by atoms with Gasteiger partial charge in [0.05, 0.1) is 24.5 Å². The highest BCUT2D eigenvalue weighted by molar-refractivity contribution is 5.87. The zero-order chi connectivity index (χ0) is 23.8. The molecule has 0 bridgehead atoms. The molecule has 10 nitrogen and oxygen atoms in total. The minimum atomic E-state index is 0.0310. The number of amides is 1. The molecule has 4 aliphatic rings. The molecule has 1 aromatic heterocycles.